The second-order valence-corrected chi connectivity index (χ2v) is 5.87. The smallest absolute Gasteiger partial charge is 0.416 e. The first-order valence-electron chi connectivity index (χ1n) is 7.80. The van der Waals surface area contributed by atoms with Gasteiger partial charge in [-0.15, -0.1) is 0 Å². The van der Waals surface area contributed by atoms with Crippen molar-refractivity contribution < 1.29 is 33.0 Å². The highest BCUT2D eigenvalue weighted by atomic mass is 19.4. The normalized spacial score (nSPS) is 20.6. The third-order valence-electron chi connectivity index (χ3n) is 4.01. The topological polar surface area (TPSA) is 89.9 Å². The number of likely N-dealkylation sites (tertiary alicyclic amines) is 1. The van der Waals surface area contributed by atoms with E-state index in [1.54, 1.807) is 0 Å². The fraction of sp³-hybridized carbons (Fsp3) is 0.500. The molecule has 2 atom stereocenters. The van der Waals surface area contributed by atoms with E-state index in [4.69, 9.17) is 5.11 Å². The van der Waals surface area contributed by atoms with Gasteiger partial charge in [-0.3, -0.25) is 4.79 Å². The van der Waals surface area contributed by atoms with Crippen LogP contribution in [0.5, 0.6) is 0 Å². The third kappa shape index (κ3) is 4.85. The molecule has 1 aliphatic heterocycles. The first kappa shape index (κ1) is 19.0. The maximum Gasteiger partial charge on any atom is 0.416 e. The van der Waals surface area contributed by atoms with Crippen LogP contribution in [0.25, 0.3) is 0 Å². The Balaban J connectivity index is 2.14. The number of amides is 2. The highest BCUT2D eigenvalue weighted by Gasteiger charge is 2.41. The van der Waals surface area contributed by atoms with Crippen molar-refractivity contribution in [3.05, 3.63) is 35.4 Å². The lowest BCUT2D eigenvalue weighted by molar-refractivity contribution is -0.139. The Hall–Kier alpha value is -2.29. The molecule has 9 heteroatoms. The zero-order valence-corrected chi connectivity index (χ0v) is 13.3. The SMILES string of the molecule is O=C(O)CCCNC(=O)N1CC(O)CC1c1ccccc1C(F)(F)F. The number of benzene rings is 1. The number of aliphatic carboxylic acids is 1. The molecule has 0 bridgehead atoms. The zero-order valence-electron chi connectivity index (χ0n) is 13.3. The number of hydrogen-bond acceptors (Lipinski definition) is 3. The Morgan fingerprint density at radius 2 is 1.96 bits per heavy atom. The van der Waals surface area contributed by atoms with Crippen molar-refractivity contribution >= 4 is 12.0 Å². The average molecular weight is 360 g/mol. The van der Waals surface area contributed by atoms with E-state index in [2.05, 4.69) is 5.32 Å². The van der Waals surface area contributed by atoms with Gasteiger partial charge in [-0.1, -0.05) is 18.2 Å². The quantitative estimate of drug-likeness (QED) is 0.704. The molecule has 2 unspecified atom stereocenters. The van der Waals surface area contributed by atoms with Crippen LogP contribution >= 0.6 is 0 Å². The van der Waals surface area contributed by atoms with Crippen molar-refractivity contribution in [1.82, 2.24) is 10.2 Å². The predicted molar refractivity (Wildman–Crippen MR) is 81.8 cm³/mol. The summed E-state index contributed by atoms with van der Waals surface area (Å²) in [5.74, 6) is -0.997. The third-order valence-corrected chi connectivity index (χ3v) is 4.01. The first-order valence-corrected chi connectivity index (χ1v) is 7.80. The molecule has 0 saturated carbocycles. The predicted octanol–water partition coefficient (Wildman–Crippen LogP) is 2.39. The fourth-order valence-corrected chi connectivity index (χ4v) is 2.92. The Morgan fingerprint density at radius 3 is 2.60 bits per heavy atom. The summed E-state index contributed by atoms with van der Waals surface area (Å²) in [5.41, 5.74) is -0.898. The van der Waals surface area contributed by atoms with E-state index in [0.29, 0.717) is 0 Å². The number of carboxylic acid groups (broad SMARTS) is 1. The van der Waals surface area contributed by atoms with Crippen LogP contribution < -0.4 is 5.32 Å². The summed E-state index contributed by atoms with van der Waals surface area (Å²) in [5, 5.41) is 20.9. The Labute approximate surface area is 142 Å². The van der Waals surface area contributed by atoms with E-state index in [1.165, 1.54) is 18.2 Å². The average Bonchev–Trinajstić information content (AvgIpc) is 2.92. The molecule has 1 aliphatic rings. The van der Waals surface area contributed by atoms with Gasteiger partial charge < -0.3 is 20.4 Å². The van der Waals surface area contributed by atoms with Crippen LogP contribution in [-0.2, 0) is 11.0 Å². The molecule has 2 rings (SSSR count). The van der Waals surface area contributed by atoms with Gasteiger partial charge in [0.25, 0.3) is 0 Å². The van der Waals surface area contributed by atoms with Gasteiger partial charge >= 0.3 is 18.2 Å². The number of carbonyl (C=O) groups excluding carboxylic acids is 1. The molecule has 1 aromatic carbocycles. The van der Waals surface area contributed by atoms with Crippen LogP contribution in [0.4, 0.5) is 18.0 Å². The number of aliphatic hydroxyl groups excluding tert-OH is 1. The molecule has 138 valence electrons. The van der Waals surface area contributed by atoms with Gasteiger partial charge in [0.1, 0.15) is 0 Å². The highest BCUT2D eigenvalue weighted by Crippen LogP contribution is 2.40. The Kier molecular flexibility index (Phi) is 5.89. The van der Waals surface area contributed by atoms with Crippen molar-refractivity contribution in [2.24, 2.45) is 0 Å². The number of β-amino-alcohol motifs (C(OH)–C–C–N with tert-alkyl or cyclic N) is 1. The molecule has 1 heterocycles. The summed E-state index contributed by atoms with van der Waals surface area (Å²) in [6.45, 7) is 0.00693. The van der Waals surface area contributed by atoms with Crippen LogP contribution in [0.1, 0.15) is 36.4 Å². The van der Waals surface area contributed by atoms with Gasteiger partial charge in [0.05, 0.1) is 17.7 Å². The lowest BCUT2D eigenvalue weighted by atomic mass is 9.97. The van der Waals surface area contributed by atoms with E-state index < -0.39 is 35.9 Å². The van der Waals surface area contributed by atoms with Gasteiger partial charge in [0.2, 0.25) is 0 Å². The number of rotatable bonds is 5. The number of nitrogens with one attached hydrogen (secondary N) is 1. The molecule has 0 spiro atoms. The van der Waals surface area contributed by atoms with Crippen LogP contribution in [0.15, 0.2) is 24.3 Å². The lowest BCUT2D eigenvalue weighted by Gasteiger charge is -2.27. The minimum atomic E-state index is -4.56. The molecular weight excluding hydrogens is 341 g/mol. The van der Waals surface area contributed by atoms with Gasteiger partial charge in [0, 0.05) is 19.5 Å². The summed E-state index contributed by atoms with van der Waals surface area (Å²) in [7, 11) is 0. The van der Waals surface area contributed by atoms with E-state index in [-0.39, 0.29) is 37.9 Å². The molecule has 0 radical (unpaired) electrons. The maximum absolute atomic E-state index is 13.2. The molecule has 1 saturated heterocycles. The second-order valence-electron chi connectivity index (χ2n) is 5.87. The van der Waals surface area contributed by atoms with E-state index in [1.807, 2.05) is 0 Å². The van der Waals surface area contributed by atoms with Crippen LogP contribution in [-0.4, -0.2) is 46.3 Å². The molecule has 2 amide bonds. The molecule has 6 nitrogen and oxygen atoms in total. The molecule has 0 aromatic heterocycles. The number of nitrogens with zero attached hydrogens (tertiary/aromatic N) is 1. The molecule has 25 heavy (non-hydrogen) atoms. The number of hydrogen-bond donors (Lipinski definition) is 3. The maximum atomic E-state index is 13.2. The van der Waals surface area contributed by atoms with Gasteiger partial charge in [-0.2, -0.15) is 13.2 Å². The van der Waals surface area contributed by atoms with Gasteiger partial charge in [-0.05, 0) is 24.5 Å². The first-order chi connectivity index (χ1) is 11.7. The van der Waals surface area contributed by atoms with Crippen molar-refractivity contribution in [3.8, 4) is 0 Å². The number of carboxylic acids is 1. The molecule has 0 aliphatic carbocycles. The molecule has 1 fully saturated rings. The largest absolute Gasteiger partial charge is 0.481 e. The lowest BCUT2D eigenvalue weighted by Crippen LogP contribution is -2.41. The Bertz CT molecular complexity index is 636. The van der Waals surface area contributed by atoms with Crippen molar-refractivity contribution in [2.45, 2.75) is 37.6 Å². The van der Waals surface area contributed by atoms with E-state index in [9.17, 15) is 27.9 Å². The zero-order chi connectivity index (χ0) is 18.6. The monoisotopic (exact) mass is 360 g/mol. The summed E-state index contributed by atoms with van der Waals surface area (Å²) >= 11 is 0. The molecule has 3 N–H and O–H groups in total. The van der Waals surface area contributed by atoms with Crippen molar-refractivity contribution in [2.75, 3.05) is 13.1 Å². The number of aliphatic hydroxyl groups is 1. The molecular formula is C16H19F3N2O4. The summed E-state index contributed by atoms with van der Waals surface area (Å²) < 4.78 is 39.6. The van der Waals surface area contributed by atoms with E-state index >= 15 is 0 Å². The summed E-state index contributed by atoms with van der Waals surface area (Å²) in [4.78, 5) is 23.9. The van der Waals surface area contributed by atoms with Crippen LogP contribution in [0.3, 0.4) is 0 Å². The second kappa shape index (κ2) is 7.73. The number of urea groups is 1. The van der Waals surface area contributed by atoms with Crippen molar-refractivity contribution in [3.63, 3.8) is 0 Å². The summed E-state index contributed by atoms with van der Waals surface area (Å²) in [6.07, 6.45) is -5.38. The van der Waals surface area contributed by atoms with E-state index in [0.717, 1.165) is 11.0 Å². The van der Waals surface area contributed by atoms with Crippen LogP contribution in [0, 0.1) is 0 Å². The number of carbonyl (C=O) groups is 2. The standard InChI is InChI=1S/C16H19F3N2O4/c17-16(18,19)12-5-2-1-4-11(12)13-8-10(22)9-21(13)15(25)20-7-3-6-14(23)24/h1-2,4-5,10,13,22H,3,6-9H2,(H,20,25)(H,23,24). The number of alkyl halides is 3. The highest BCUT2D eigenvalue weighted by molar-refractivity contribution is 5.75. The fourth-order valence-electron chi connectivity index (χ4n) is 2.92. The Morgan fingerprint density at radius 1 is 1.28 bits per heavy atom. The summed E-state index contributed by atoms with van der Waals surface area (Å²) in [6, 6.07) is 3.46. The number of halogens is 3. The molecule has 1 aromatic rings. The van der Waals surface area contributed by atoms with Crippen LogP contribution in [0.2, 0.25) is 0 Å². The van der Waals surface area contributed by atoms with Gasteiger partial charge in [0.15, 0.2) is 0 Å². The van der Waals surface area contributed by atoms with Gasteiger partial charge in [-0.25, -0.2) is 4.79 Å². The minimum absolute atomic E-state index is 0.00956. The minimum Gasteiger partial charge on any atom is -0.481 e. The van der Waals surface area contributed by atoms with Crippen molar-refractivity contribution in [1.29, 1.82) is 0 Å².